The van der Waals surface area contributed by atoms with Crippen molar-refractivity contribution < 1.29 is 29.0 Å². The second kappa shape index (κ2) is 10.3. The fraction of sp³-hybridized carbons (Fsp3) is 0.500. The molecule has 0 aliphatic carbocycles. The molecule has 3 aliphatic heterocycles. The first-order valence-corrected chi connectivity index (χ1v) is 13.5. The van der Waals surface area contributed by atoms with Crippen LogP contribution in [0.1, 0.15) is 39.2 Å². The molecular weight excluding hydrogens is 498 g/mol. The van der Waals surface area contributed by atoms with E-state index in [1.807, 2.05) is 51.1 Å². The van der Waals surface area contributed by atoms with Crippen LogP contribution in [-0.4, -0.2) is 64.7 Å². The molecule has 3 aliphatic rings. The number of hydrogen-bond donors (Lipinski definition) is 3. The van der Waals surface area contributed by atoms with Crippen LogP contribution in [0.3, 0.4) is 0 Å². The minimum absolute atomic E-state index is 0.122. The molecule has 0 saturated carbocycles. The van der Waals surface area contributed by atoms with Gasteiger partial charge in [0.15, 0.2) is 0 Å². The number of hydrogen-bond acceptors (Lipinski definition) is 6. The van der Waals surface area contributed by atoms with Gasteiger partial charge in [0.1, 0.15) is 17.4 Å². The van der Waals surface area contributed by atoms with E-state index in [0.29, 0.717) is 30.8 Å². The molecule has 39 heavy (non-hydrogen) atoms. The number of fused-ring (bicyclic) bond motifs is 1. The number of likely N-dealkylation sites (tertiary alicyclic amines) is 1. The minimum atomic E-state index is -1.17. The van der Waals surface area contributed by atoms with Gasteiger partial charge in [0, 0.05) is 12.2 Å². The third-order valence-electron chi connectivity index (χ3n) is 8.73. The Morgan fingerprint density at radius 3 is 2.41 bits per heavy atom. The van der Waals surface area contributed by atoms with Crippen molar-refractivity contribution in [1.82, 2.24) is 10.2 Å². The summed E-state index contributed by atoms with van der Waals surface area (Å²) in [6, 6.07) is 14.9. The highest BCUT2D eigenvalue weighted by Gasteiger charge is 2.78. The summed E-state index contributed by atoms with van der Waals surface area (Å²) in [5.74, 6) is -2.03. The van der Waals surface area contributed by atoms with E-state index >= 15 is 0 Å². The van der Waals surface area contributed by atoms with Gasteiger partial charge in [-0.3, -0.25) is 14.4 Å². The molecule has 0 aromatic heterocycles. The molecule has 2 aromatic rings. The Labute approximate surface area is 228 Å². The largest absolute Gasteiger partial charge is 0.497 e. The molecule has 1 spiro atoms. The van der Waals surface area contributed by atoms with E-state index in [1.54, 1.807) is 31.4 Å². The van der Waals surface area contributed by atoms with Gasteiger partial charge >= 0.3 is 0 Å². The Morgan fingerprint density at radius 1 is 1.10 bits per heavy atom. The summed E-state index contributed by atoms with van der Waals surface area (Å²) in [7, 11) is 1.57. The zero-order valence-corrected chi connectivity index (χ0v) is 22.8. The lowest BCUT2D eigenvalue weighted by Gasteiger charge is -2.38. The van der Waals surface area contributed by atoms with E-state index in [-0.39, 0.29) is 24.3 Å². The molecule has 3 N–H and O–H groups in total. The van der Waals surface area contributed by atoms with Gasteiger partial charge in [0.2, 0.25) is 17.7 Å². The van der Waals surface area contributed by atoms with E-state index in [0.717, 1.165) is 5.56 Å². The summed E-state index contributed by atoms with van der Waals surface area (Å²) in [5, 5.41) is 16.3. The molecule has 9 heteroatoms. The molecule has 2 aromatic carbocycles. The Morgan fingerprint density at radius 2 is 1.79 bits per heavy atom. The normalized spacial score (nSPS) is 29.8. The average Bonchev–Trinajstić information content (AvgIpc) is 3.49. The Hall–Kier alpha value is -3.43. The van der Waals surface area contributed by atoms with Crippen LogP contribution in [0.5, 0.6) is 5.75 Å². The summed E-state index contributed by atoms with van der Waals surface area (Å²) in [5.41, 5.74) is -0.544. The molecule has 9 nitrogen and oxygen atoms in total. The number of rotatable bonds is 9. The van der Waals surface area contributed by atoms with Crippen molar-refractivity contribution in [1.29, 1.82) is 0 Å². The van der Waals surface area contributed by atoms with Crippen molar-refractivity contribution in [2.24, 2.45) is 17.8 Å². The van der Waals surface area contributed by atoms with Gasteiger partial charge in [-0.25, -0.2) is 0 Å². The quantitative estimate of drug-likeness (QED) is 0.455. The highest BCUT2D eigenvalue weighted by Crippen LogP contribution is 2.63. The molecule has 2 bridgehead atoms. The summed E-state index contributed by atoms with van der Waals surface area (Å²) in [4.78, 5) is 43.4. The van der Waals surface area contributed by atoms with Gasteiger partial charge < -0.3 is 30.1 Å². The summed E-state index contributed by atoms with van der Waals surface area (Å²) in [6.45, 7) is 5.70. The smallest absolute Gasteiger partial charge is 0.250 e. The van der Waals surface area contributed by atoms with Crippen LogP contribution in [-0.2, 0) is 25.7 Å². The van der Waals surface area contributed by atoms with Gasteiger partial charge in [-0.2, -0.15) is 0 Å². The van der Waals surface area contributed by atoms with Crippen molar-refractivity contribution in [3.63, 3.8) is 0 Å². The number of carbonyl (C=O) groups excluding carboxylic acids is 3. The molecule has 6 atom stereocenters. The molecule has 0 radical (unpaired) electrons. The van der Waals surface area contributed by atoms with Crippen LogP contribution in [0.4, 0.5) is 5.69 Å². The van der Waals surface area contributed by atoms with Crippen LogP contribution >= 0.6 is 0 Å². The maximum absolute atomic E-state index is 14.2. The van der Waals surface area contributed by atoms with Gasteiger partial charge in [-0.05, 0) is 55.5 Å². The predicted octanol–water partition coefficient (Wildman–Crippen LogP) is 2.73. The molecule has 3 amide bonds. The molecule has 5 rings (SSSR count). The van der Waals surface area contributed by atoms with Gasteiger partial charge in [-0.15, -0.1) is 0 Å². The Kier molecular flexibility index (Phi) is 7.15. The van der Waals surface area contributed by atoms with Crippen LogP contribution in [0.2, 0.25) is 0 Å². The van der Waals surface area contributed by atoms with Crippen molar-refractivity contribution >= 4 is 23.4 Å². The van der Waals surface area contributed by atoms with Crippen molar-refractivity contribution in [2.45, 2.75) is 63.4 Å². The van der Waals surface area contributed by atoms with E-state index < -0.39 is 41.0 Å². The molecular formula is C30H37N3O6. The first-order valence-electron chi connectivity index (χ1n) is 13.5. The number of nitrogens with one attached hydrogen (secondary N) is 2. The van der Waals surface area contributed by atoms with E-state index in [9.17, 15) is 19.5 Å². The van der Waals surface area contributed by atoms with E-state index in [4.69, 9.17) is 9.47 Å². The number of amides is 3. The lowest BCUT2D eigenvalue weighted by molar-refractivity contribution is -0.149. The van der Waals surface area contributed by atoms with Crippen LogP contribution in [0.25, 0.3) is 0 Å². The lowest BCUT2D eigenvalue weighted by atomic mass is 9.66. The minimum Gasteiger partial charge on any atom is -0.497 e. The van der Waals surface area contributed by atoms with Crippen LogP contribution in [0, 0.1) is 17.8 Å². The van der Waals surface area contributed by atoms with E-state index in [1.165, 1.54) is 4.90 Å². The van der Waals surface area contributed by atoms with Crippen LogP contribution in [0.15, 0.2) is 54.6 Å². The zero-order chi connectivity index (χ0) is 27.9. The standard InChI is InChI=1S/C30H37N3O6/c1-18(2)22(17-34)33-25(27(36)32-20-10-12-21(38-4)13-11-20)30-15-14-29(3,39-30)23(24(30)28(33)37)26(35)31-16-19-8-6-5-7-9-19/h5-13,18,22-25,34H,14-17H2,1-4H3,(H,31,35)(H,32,36)/t22-,23-,24-,25?,29+,30?/m0/s1. The monoisotopic (exact) mass is 535 g/mol. The Balaban J connectivity index is 1.49. The second-order valence-corrected chi connectivity index (χ2v) is 11.4. The van der Waals surface area contributed by atoms with Gasteiger partial charge in [-0.1, -0.05) is 44.2 Å². The SMILES string of the molecule is COc1ccc(NC(=O)C2N([C@@H](CO)C(C)C)C(=O)[C@@H]3[C@@H](C(=O)NCc4ccccc4)[C@@]4(C)CCC23O4)cc1. The van der Waals surface area contributed by atoms with E-state index in [2.05, 4.69) is 10.6 Å². The lowest BCUT2D eigenvalue weighted by Crippen LogP contribution is -2.57. The predicted molar refractivity (Wildman–Crippen MR) is 145 cm³/mol. The van der Waals surface area contributed by atoms with Crippen molar-refractivity contribution in [2.75, 3.05) is 19.0 Å². The average molecular weight is 536 g/mol. The third kappa shape index (κ3) is 4.47. The fourth-order valence-electron chi connectivity index (χ4n) is 6.82. The number of carbonyl (C=O) groups is 3. The maximum atomic E-state index is 14.2. The number of anilines is 1. The maximum Gasteiger partial charge on any atom is 0.250 e. The fourth-order valence-corrected chi connectivity index (χ4v) is 6.82. The molecule has 3 heterocycles. The Bertz CT molecular complexity index is 1240. The molecule has 3 saturated heterocycles. The number of nitrogens with zero attached hydrogens (tertiary/aromatic N) is 1. The number of ether oxygens (including phenoxy) is 2. The topological polar surface area (TPSA) is 117 Å². The third-order valence-corrected chi connectivity index (χ3v) is 8.73. The zero-order valence-electron chi connectivity index (χ0n) is 22.8. The molecule has 2 unspecified atom stereocenters. The van der Waals surface area contributed by atoms with Gasteiger partial charge in [0.25, 0.3) is 0 Å². The number of aliphatic hydroxyl groups excluding tert-OH is 1. The molecule has 208 valence electrons. The van der Waals surface area contributed by atoms with Gasteiger partial charge in [0.05, 0.1) is 37.2 Å². The highest BCUT2D eigenvalue weighted by atomic mass is 16.5. The van der Waals surface area contributed by atoms with Crippen molar-refractivity contribution in [3.05, 3.63) is 60.2 Å². The number of aliphatic hydroxyl groups is 1. The van der Waals surface area contributed by atoms with Crippen LogP contribution < -0.4 is 15.4 Å². The number of methoxy groups -OCH3 is 1. The van der Waals surface area contributed by atoms with Crippen molar-refractivity contribution in [3.8, 4) is 5.75 Å². The first-order chi connectivity index (χ1) is 18.6. The molecule has 3 fully saturated rings. The summed E-state index contributed by atoms with van der Waals surface area (Å²) >= 11 is 0. The number of benzene rings is 2. The second-order valence-electron chi connectivity index (χ2n) is 11.4. The highest BCUT2D eigenvalue weighted by molar-refractivity contribution is 6.04. The first kappa shape index (κ1) is 27.1. The summed E-state index contributed by atoms with van der Waals surface area (Å²) in [6.07, 6.45) is 1.02. The summed E-state index contributed by atoms with van der Waals surface area (Å²) < 4.78 is 11.9.